The van der Waals surface area contributed by atoms with Gasteiger partial charge in [-0.2, -0.15) is 0 Å². The van der Waals surface area contributed by atoms with E-state index in [4.69, 9.17) is 0 Å². The maximum atomic E-state index is 11.8. The van der Waals surface area contributed by atoms with E-state index in [-0.39, 0.29) is 5.91 Å². The highest BCUT2D eigenvalue weighted by Crippen LogP contribution is 2.11. The second-order valence-electron chi connectivity index (χ2n) is 5.02. The van der Waals surface area contributed by atoms with Crippen molar-refractivity contribution in [2.45, 2.75) is 26.4 Å². The van der Waals surface area contributed by atoms with Crippen LogP contribution in [0.15, 0.2) is 43.0 Å². The monoisotopic (exact) mass is 272 g/mol. The fourth-order valence-electron chi connectivity index (χ4n) is 1.84. The van der Waals surface area contributed by atoms with Gasteiger partial charge in [-0.05, 0) is 17.7 Å². The van der Waals surface area contributed by atoms with Gasteiger partial charge in [0.15, 0.2) is 0 Å². The van der Waals surface area contributed by atoms with Crippen molar-refractivity contribution < 1.29 is 4.79 Å². The predicted octanol–water partition coefficient (Wildman–Crippen LogP) is 1.87. The van der Waals surface area contributed by atoms with E-state index in [1.165, 1.54) is 0 Å². The van der Waals surface area contributed by atoms with Crippen molar-refractivity contribution in [2.75, 3.05) is 11.9 Å². The number of aromatic nitrogens is 2. The van der Waals surface area contributed by atoms with Gasteiger partial charge in [-0.15, -0.1) is 0 Å². The quantitative estimate of drug-likeness (QED) is 0.844. The standard InChI is InChI=1S/C15H20N4O/c1-12(2)17-9-15(20)18-14-5-3-4-13(8-14)10-19-7-6-16-11-19/h3-8,11-12,17H,9-10H2,1-2H3,(H,18,20). The average molecular weight is 272 g/mol. The molecule has 1 aromatic carbocycles. The number of benzene rings is 1. The molecular formula is C15H20N4O. The number of imidazole rings is 1. The lowest BCUT2D eigenvalue weighted by Gasteiger charge is -2.10. The molecule has 5 nitrogen and oxygen atoms in total. The third-order valence-corrected chi connectivity index (χ3v) is 2.81. The van der Waals surface area contributed by atoms with Gasteiger partial charge in [-0.25, -0.2) is 4.98 Å². The third-order valence-electron chi connectivity index (χ3n) is 2.81. The molecule has 106 valence electrons. The van der Waals surface area contributed by atoms with E-state index < -0.39 is 0 Å². The number of anilines is 1. The van der Waals surface area contributed by atoms with Crippen molar-refractivity contribution in [3.05, 3.63) is 48.5 Å². The molecule has 1 aromatic heterocycles. The Bertz CT molecular complexity index is 549. The van der Waals surface area contributed by atoms with Gasteiger partial charge in [-0.1, -0.05) is 26.0 Å². The molecule has 0 unspecified atom stereocenters. The number of carbonyl (C=O) groups excluding carboxylic acids is 1. The molecule has 0 aliphatic carbocycles. The SMILES string of the molecule is CC(C)NCC(=O)Nc1cccc(Cn2ccnc2)c1. The van der Waals surface area contributed by atoms with E-state index in [1.54, 1.807) is 12.5 Å². The van der Waals surface area contributed by atoms with Gasteiger partial charge >= 0.3 is 0 Å². The van der Waals surface area contributed by atoms with Gasteiger partial charge in [-0.3, -0.25) is 4.79 Å². The lowest BCUT2D eigenvalue weighted by atomic mass is 10.2. The smallest absolute Gasteiger partial charge is 0.238 e. The zero-order chi connectivity index (χ0) is 14.4. The van der Waals surface area contributed by atoms with E-state index in [0.29, 0.717) is 12.6 Å². The van der Waals surface area contributed by atoms with Crippen LogP contribution in [0.3, 0.4) is 0 Å². The minimum Gasteiger partial charge on any atom is -0.333 e. The Labute approximate surface area is 119 Å². The van der Waals surface area contributed by atoms with Crippen molar-refractivity contribution in [2.24, 2.45) is 0 Å². The van der Waals surface area contributed by atoms with Crippen LogP contribution in [-0.2, 0) is 11.3 Å². The number of carbonyl (C=O) groups is 1. The third kappa shape index (κ3) is 4.51. The van der Waals surface area contributed by atoms with Crippen LogP contribution in [0.4, 0.5) is 5.69 Å². The van der Waals surface area contributed by atoms with E-state index in [9.17, 15) is 4.79 Å². The first-order chi connectivity index (χ1) is 9.63. The van der Waals surface area contributed by atoms with Crippen LogP contribution in [-0.4, -0.2) is 28.0 Å². The lowest BCUT2D eigenvalue weighted by molar-refractivity contribution is -0.115. The Kier molecular flexibility index (Phi) is 4.90. The summed E-state index contributed by atoms with van der Waals surface area (Å²) in [5.41, 5.74) is 1.94. The first-order valence-electron chi connectivity index (χ1n) is 6.71. The van der Waals surface area contributed by atoms with Crippen molar-refractivity contribution >= 4 is 11.6 Å². The summed E-state index contributed by atoms with van der Waals surface area (Å²) in [5, 5.41) is 5.98. The number of hydrogen-bond acceptors (Lipinski definition) is 3. The van der Waals surface area contributed by atoms with E-state index in [1.807, 2.05) is 48.9 Å². The topological polar surface area (TPSA) is 59.0 Å². The number of amides is 1. The first-order valence-corrected chi connectivity index (χ1v) is 6.71. The Balaban J connectivity index is 1.94. The summed E-state index contributed by atoms with van der Waals surface area (Å²) in [7, 11) is 0. The molecule has 1 heterocycles. The largest absolute Gasteiger partial charge is 0.333 e. The van der Waals surface area contributed by atoms with E-state index in [0.717, 1.165) is 17.8 Å². The highest BCUT2D eigenvalue weighted by atomic mass is 16.1. The van der Waals surface area contributed by atoms with Gasteiger partial charge in [0.05, 0.1) is 12.9 Å². The summed E-state index contributed by atoms with van der Waals surface area (Å²) < 4.78 is 1.99. The Morgan fingerprint density at radius 3 is 2.95 bits per heavy atom. The van der Waals surface area contributed by atoms with Crippen LogP contribution in [0.5, 0.6) is 0 Å². The number of rotatable bonds is 6. The molecule has 2 rings (SSSR count). The summed E-state index contributed by atoms with van der Waals surface area (Å²) in [4.78, 5) is 15.8. The maximum Gasteiger partial charge on any atom is 0.238 e. The summed E-state index contributed by atoms with van der Waals surface area (Å²) in [6.07, 6.45) is 5.44. The van der Waals surface area contributed by atoms with Crippen LogP contribution in [0.2, 0.25) is 0 Å². The van der Waals surface area contributed by atoms with Crippen LogP contribution in [0, 0.1) is 0 Å². The number of nitrogens with zero attached hydrogens (tertiary/aromatic N) is 2. The van der Waals surface area contributed by atoms with Gasteiger partial charge in [0.2, 0.25) is 5.91 Å². The Hall–Kier alpha value is -2.14. The maximum absolute atomic E-state index is 11.8. The molecule has 0 fully saturated rings. The van der Waals surface area contributed by atoms with Gasteiger partial charge < -0.3 is 15.2 Å². The molecule has 0 bridgehead atoms. The Morgan fingerprint density at radius 2 is 2.25 bits per heavy atom. The highest BCUT2D eigenvalue weighted by Gasteiger charge is 2.04. The molecule has 0 radical (unpaired) electrons. The normalized spacial score (nSPS) is 10.8. The molecular weight excluding hydrogens is 252 g/mol. The van der Waals surface area contributed by atoms with Gasteiger partial charge in [0, 0.05) is 30.7 Å². The summed E-state index contributed by atoms with van der Waals surface area (Å²) in [6.45, 7) is 5.09. The molecule has 0 saturated carbocycles. The van der Waals surface area contributed by atoms with Crippen molar-refractivity contribution in [3.8, 4) is 0 Å². The van der Waals surface area contributed by atoms with Gasteiger partial charge in [0.1, 0.15) is 0 Å². The molecule has 0 atom stereocenters. The summed E-state index contributed by atoms with van der Waals surface area (Å²) in [5.74, 6) is -0.0292. The molecule has 20 heavy (non-hydrogen) atoms. The average Bonchev–Trinajstić information content (AvgIpc) is 2.89. The first kappa shape index (κ1) is 14.3. The highest BCUT2D eigenvalue weighted by molar-refractivity contribution is 5.92. The molecule has 5 heteroatoms. The molecule has 2 aromatic rings. The van der Waals surface area contributed by atoms with E-state index in [2.05, 4.69) is 15.6 Å². The zero-order valence-corrected chi connectivity index (χ0v) is 11.8. The molecule has 0 aliphatic heterocycles. The Morgan fingerprint density at radius 1 is 1.40 bits per heavy atom. The van der Waals surface area contributed by atoms with Crippen molar-refractivity contribution in [1.29, 1.82) is 0 Å². The molecule has 0 aliphatic rings. The zero-order valence-electron chi connectivity index (χ0n) is 11.8. The molecule has 2 N–H and O–H groups in total. The minimum atomic E-state index is -0.0292. The number of nitrogens with one attached hydrogen (secondary N) is 2. The fourth-order valence-corrected chi connectivity index (χ4v) is 1.84. The van der Waals surface area contributed by atoms with Crippen LogP contribution in [0.25, 0.3) is 0 Å². The predicted molar refractivity (Wildman–Crippen MR) is 79.5 cm³/mol. The van der Waals surface area contributed by atoms with E-state index >= 15 is 0 Å². The van der Waals surface area contributed by atoms with Gasteiger partial charge in [0.25, 0.3) is 0 Å². The van der Waals surface area contributed by atoms with Crippen LogP contribution in [0.1, 0.15) is 19.4 Å². The minimum absolute atomic E-state index is 0.0292. The second-order valence-corrected chi connectivity index (χ2v) is 5.02. The van der Waals surface area contributed by atoms with Crippen LogP contribution < -0.4 is 10.6 Å². The second kappa shape index (κ2) is 6.86. The number of hydrogen-bond donors (Lipinski definition) is 2. The van der Waals surface area contributed by atoms with Crippen molar-refractivity contribution in [1.82, 2.24) is 14.9 Å². The summed E-state index contributed by atoms with van der Waals surface area (Å²) >= 11 is 0. The lowest BCUT2D eigenvalue weighted by Crippen LogP contribution is -2.32. The molecule has 0 saturated heterocycles. The van der Waals surface area contributed by atoms with Crippen molar-refractivity contribution in [3.63, 3.8) is 0 Å². The fraction of sp³-hybridized carbons (Fsp3) is 0.333. The molecule has 1 amide bonds. The summed E-state index contributed by atoms with van der Waals surface area (Å²) in [6, 6.07) is 8.14. The van der Waals surface area contributed by atoms with Crippen LogP contribution >= 0.6 is 0 Å². The molecule has 0 spiro atoms.